The van der Waals surface area contributed by atoms with Gasteiger partial charge in [-0.25, -0.2) is 14.4 Å². The Balaban J connectivity index is 1.39. The third-order valence-electron chi connectivity index (χ3n) is 6.83. The summed E-state index contributed by atoms with van der Waals surface area (Å²) in [5.74, 6) is 0.893. The van der Waals surface area contributed by atoms with Crippen LogP contribution in [0.5, 0.6) is 0 Å². The van der Waals surface area contributed by atoms with Crippen LogP contribution in [0, 0.1) is 0 Å². The predicted molar refractivity (Wildman–Crippen MR) is 128 cm³/mol. The number of aromatic nitrogens is 5. The van der Waals surface area contributed by atoms with Gasteiger partial charge in [-0.15, -0.1) is 0 Å². The molecule has 6 heterocycles. The van der Waals surface area contributed by atoms with Crippen molar-refractivity contribution in [1.82, 2.24) is 29.5 Å². The summed E-state index contributed by atoms with van der Waals surface area (Å²) in [6.07, 6.45) is 3.70. The summed E-state index contributed by atoms with van der Waals surface area (Å²) in [6.45, 7) is 0.994. The number of carbonyl (C=O) groups is 1. The third kappa shape index (κ3) is 3.77. The SMILES string of the molecule is CNc1cc(-c2cnc3n([C@@H]4CCOC[C@@H]4F)cccc2-3)nc2c(C(=O)N[C@@H]3COC[C@@H]3O)cnn12. The number of halogens is 1. The van der Waals surface area contributed by atoms with Crippen molar-refractivity contribution < 1.29 is 23.8 Å². The van der Waals surface area contributed by atoms with Gasteiger partial charge < -0.3 is 29.8 Å². The first-order valence-electron chi connectivity index (χ1n) is 11.9. The second kappa shape index (κ2) is 9.12. The number of carbonyl (C=O) groups excluding carboxylic acids is 1. The lowest BCUT2D eigenvalue weighted by Gasteiger charge is -2.29. The van der Waals surface area contributed by atoms with Crippen LogP contribution in [0.1, 0.15) is 22.8 Å². The number of aliphatic hydroxyl groups is 1. The van der Waals surface area contributed by atoms with E-state index in [0.717, 1.165) is 11.1 Å². The standard InChI is InChI=1S/C24H26FN7O4/c1-26-21-7-17(29-23-15(9-28-32(21)23)24(34)30-18-11-36-12-20(18)33)14-8-27-22-13(14)3-2-5-31(22)19-4-6-35-10-16(19)25/h2-3,5,7-9,16,18-20,26,33H,4,6,10-12H2,1H3,(H,30,34)/t16-,18+,19+,20-/m0/s1. The van der Waals surface area contributed by atoms with Crippen LogP contribution in [-0.2, 0) is 9.47 Å². The first-order valence-corrected chi connectivity index (χ1v) is 11.9. The molecule has 2 aromatic rings. The van der Waals surface area contributed by atoms with Gasteiger partial charge in [0.2, 0.25) is 0 Å². The molecular formula is C24H26FN7O4. The molecule has 0 saturated carbocycles. The van der Waals surface area contributed by atoms with Crippen LogP contribution in [0.15, 0.2) is 36.8 Å². The van der Waals surface area contributed by atoms with E-state index < -0.39 is 24.2 Å². The molecule has 4 atom stereocenters. The Kier molecular flexibility index (Phi) is 5.78. The lowest BCUT2D eigenvalue weighted by Crippen LogP contribution is -2.42. The minimum absolute atomic E-state index is 0.0709. The van der Waals surface area contributed by atoms with Gasteiger partial charge in [-0.3, -0.25) is 4.79 Å². The topological polar surface area (TPSA) is 128 Å². The Morgan fingerprint density at radius 1 is 1.22 bits per heavy atom. The Labute approximate surface area is 205 Å². The number of fused-ring (bicyclic) bond motifs is 2. The quantitative estimate of drug-likeness (QED) is 0.380. The molecule has 0 bridgehead atoms. The first-order chi connectivity index (χ1) is 17.5. The number of hydrogen-bond donors (Lipinski definition) is 3. The molecule has 2 fully saturated rings. The normalized spacial score (nSPS) is 24.4. The predicted octanol–water partition coefficient (Wildman–Crippen LogP) is 1.53. The summed E-state index contributed by atoms with van der Waals surface area (Å²) in [6, 6.07) is 4.78. The smallest absolute Gasteiger partial charge is 0.257 e. The molecule has 188 valence electrons. The highest BCUT2D eigenvalue weighted by atomic mass is 19.1. The van der Waals surface area contributed by atoms with Crippen molar-refractivity contribution in [3.05, 3.63) is 42.4 Å². The monoisotopic (exact) mass is 495 g/mol. The highest BCUT2D eigenvalue weighted by Crippen LogP contribution is 2.37. The lowest BCUT2D eigenvalue weighted by atomic mass is 10.0. The molecule has 11 nitrogen and oxygen atoms in total. The van der Waals surface area contributed by atoms with Crippen molar-refractivity contribution in [2.24, 2.45) is 0 Å². The van der Waals surface area contributed by atoms with E-state index in [-0.39, 0.29) is 31.4 Å². The number of hydrogen-bond acceptors (Lipinski definition) is 8. The van der Waals surface area contributed by atoms with Gasteiger partial charge in [0.1, 0.15) is 23.4 Å². The number of nitrogens with zero attached hydrogens (tertiary/aromatic N) is 5. The van der Waals surface area contributed by atoms with Gasteiger partial charge in [-0.05, 0) is 18.6 Å². The maximum atomic E-state index is 14.7. The number of anilines is 1. The van der Waals surface area contributed by atoms with E-state index in [1.165, 1.54) is 6.20 Å². The van der Waals surface area contributed by atoms with Crippen molar-refractivity contribution in [3.63, 3.8) is 0 Å². The fourth-order valence-electron chi connectivity index (χ4n) is 4.90. The zero-order valence-corrected chi connectivity index (χ0v) is 19.6. The molecule has 1 amide bonds. The van der Waals surface area contributed by atoms with E-state index in [4.69, 9.17) is 14.5 Å². The van der Waals surface area contributed by atoms with Crippen molar-refractivity contribution in [2.75, 3.05) is 38.8 Å². The molecular weight excluding hydrogens is 469 g/mol. The Bertz CT molecular complexity index is 1390. The molecule has 4 aliphatic rings. The maximum Gasteiger partial charge on any atom is 0.257 e. The van der Waals surface area contributed by atoms with Crippen LogP contribution in [0.2, 0.25) is 0 Å². The Morgan fingerprint density at radius 2 is 2.11 bits per heavy atom. The van der Waals surface area contributed by atoms with Gasteiger partial charge in [0.05, 0.1) is 49.9 Å². The fraction of sp³-hybridized carbons (Fsp3) is 0.417. The summed E-state index contributed by atoms with van der Waals surface area (Å²) in [7, 11) is 1.76. The minimum Gasteiger partial charge on any atom is -0.388 e. The summed E-state index contributed by atoms with van der Waals surface area (Å²) in [4.78, 5) is 22.4. The minimum atomic E-state index is -1.11. The van der Waals surface area contributed by atoms with E-state index >= 15 is 0 Å². The van der Waals surface area contributed by atoms with Gasteiger partial charge >= 0.3 is 0 Å². The summed E-state index contributed by atoms with van der Waals surface area (Å²) >= 11 is 0. The number of ether oxygens (including phenoxy) is 2. The molecule has 6 rings (SSSR count). The molecule has 4 aliphatic heterocycles. The van der Waals surface area contributed by atoms with Crippen LogP contribution in [0.25, 0.3) is 28.3 Å². The van der Waals surface area contributed by atoms with Crippen LogP contribution in [0.3, 0.4) is 0 Å². The van der Waals surface area contributed by atoms with Crippen molar-refractivity contribution >= 4 is 17.4 Å². The molecule has 0 unspecified atom stereocenters. The molecule has 2 aromatic heterocycles. The third-order valence-corrected chi connectivity index (χ3v) is 6.83. The second-order valence-corrected chi connectivity index (χ2v) is 9.03. The number of rotatable bonds is 5. The molecule has 0 spiro atoms. The van der Waals surface area contributed by atoms with Crippen molar-refractivity contribution in [2.45, 2.75) is 30.8 Å². The van der Waals surface area contributed by atoms with Crippen molar-refractivity contribution in [3.8, 4) is 22.6 Å². The maximum absolute atomic E-state index is 14.7. The van der Waals surface area contributed by atoms with E-state index in [0.29, 0.717) is 36.0 Å². The average molecular weight is 496 g/mol. The number of alkyl halides is 1. The lowest BCUT2D eigenvalue weighted by molar-refractivity contribution is 0.00346. The largest absolute Gasteiger partial charge is 0.388 e. The number of amides is 1. The zero-order chi connectivity index (χ0) is 24.8. The van der Waals surface area contributed by atoms with Crippen LogP contribution in [-0.4, -0.2) is 87.0 Å². The number of pyridine rings is 1. The molecule has 0 aliphatic carbocycles. The van der Waals surface area contributed by atoms with Gasteiger partial charge in [-0.2, -0.15) is 9.61 Å². The highest BCUT2D eigenvalue weighted by molar-refractivity contribution is 6.00. The summed E-state index contributed by atoms with van der Waals surface area (Å²) in [5.41, 5.74) is 2.80. The van der Waals surface area contributed by atoms with Gasteiger partial charge in [-0.1, -0.05) is 0 Å². The Hall–Kier alpha value is -3.61. The second-order valence-electron chi connectivity index (χ2n) is 9.03. The van der Waals surface area contributed by atoms with Crippen LogP contribution < -0.4 is 10.6 Å². The summed E-state index contributed by atoms with van der Waals surface area (Å²) in [5, 5.41) is 20.2. The van der Waals surface area contributed by atoms with Gasteiger partial charge in [0, 0.05) is 43.2 Å². The van der Waals surface area contributed by atoms with Gasteiger partial charge in [0.15, 0.2) is 5.65 Å². The average Bonchev–Trinajstić information content (AvgIpc) is 3.62. The summed E-state index contributed by atoms with van der Waals surface area (Å²) < 4.78 is 28.6. The molecule has 12 heteroatoms. The molecule has 2 saturated heterocycles. The number of aliphatic hydroxyl groups excluding tert-OH is 1. The Morgan fingerprint density at radius 3 is 2.89 bits per heavy atom. The van der Waals surface area contributed by atoms with E-state index in [1.807, 2.05) is 29.0 Å². The molecule has 3 N–H and O–H groups in total. The fourth-order valence-corrected chi connectivity index (χ4v) is 4.90. The molecule has 36 heavy (non-hydrogen) atoms. The van der Waals surface area contributed by atoms with E-state index in [1.54, 1.807) is 17.8 Å². The van der Waals surface area contributed by atoms with Crippen LogP contribution in [0.4, 0.5) is 10.2 Å². The van der Waals surface area contributed by atoms with Crippen LogP contribution >= 0.6 is 0 Å². The van der Waals surface area contributed by atoms with Crippen molar-refractivity contribution in [1.29, 1.82) is 0 Å². The molecule has 0 radical (unpaired) electrons. The van der Waals surface area contributed by atoms with E-state index in [9.17, 15) is 14.3 Å². The highest BCUT2D eigenvalue weighted by Gasteiger charge is 2.31. The first kappa shape index (κ1) is 22.8. The zero-order valence-electron chi connectivity index (χ0n) is 19.6. The number of nitrogens with one attached hydrogen (secondary N) is 2. The molecule has 0 aromatic carbocycles. The van der Waals surface area contributed by atoms with Gasteiger partial charge in [0.25, 0.3) is 5.91 Å². The van der Waals surface area contributed by atoms with E-state index in [2.05, 4.69) is 20.7 Å².